The summed E-state index contributed by atoms with van der Waals surface area (Å²) >= 11 is 0. The van der Waals surface area contributed by atoms with Crippen molar-refractivity contribution in [3.8, 4) is 0 Å². The first-order chi connectivity index (χ1) is 7.63. The van der Waals surface area contributed by atoms with E-state index in [9.17, 15) is 0 Å². The summed E-state index contributed by atoms with van der Waals surface area (Å²) in [5, 5.41) is 3.52. The summed E-state index contributed by atoms with van der Waals surface area (Å²) in [6.07, 6.45) is 0. The molecule has 90 valence electrons. The fraction of sp³-hybridized carbons (Fsp3) is 0.571. The Labute approximate surface area is 99.0 Å². The van der Waals surface area contributed by atoms with Gasteiger partial charge in [0.25, 0.3) is 0 Å². The summed E-state index contributed by atoms with van der Waals surface area (Å²) < 4.78 is 5.08. The molecule has 2 heteroatoms. The van der Waals surface area contributed by atoms with Gasteiger partial charge in [0, 0.05) is 19.7 Å². The van der Waals surface area contributed by atoms with Crippen LogP contribution in [0.15, 0.2) is 24.3 Å². The summed E-state index contributed by atoms with van der Waals surface area (Å²) in [6.45, 7) is 8.32. The Balaban J connectivity index is 2.43. The van der Waals surface area contributed by atoms with Gasteiger partial charge in [0.2, 0.25) is 0 Å². The van der Waals surface area contributed by atoms with Gasteiger partial charge in [-0.15, -0.1) is 0 Å². The van der Waals surface area contributed by atoms with E-state index in [4.69, 9.17) is 4.74 Å². The SMILES string of the molecule is COCc1ccc(CNC(C)C(C)C)cc1. The van der Waals surface area contributed by atoms with Crippen molar-refractivity contribution in [2.75, 3.05) is 7.11 Å². The third kappa shape index (κ3) is 4.33. The maximum atomic E-state index is 5.08. The lowest BCUT2D eigenvalue weighted by atomic mass is 10.1. The van der Waals surface area contributed by atoms with Crippen molar-refractivity contribution in [3.05, 3.63) is 35.4 Å². The first-order valence-electron chi connectivity index (χ1n) is 5.93. The van der Waals surface area contributed by atoms with E-state index in [2.05, 4.69) is 50.4 Å². The number of nitrogens with one attached hydrogen (secondary N) is 1. The van der Waals surface area contributed by atoms with Crippen LogP contribution in [0.5, 0.6) is 0 Å². The van der Waals surface area contributed by atoms with Crippen LogP contribution < -0.4 is 5.32 Å². The number of benzene rings is 1. The lowest BCUT2D eigenvalue weighted by Gasteiger charge is -2.17. The van der Waals surface area contributed by atoms with Crippen LogP contribution in [-0.2, 0) is 17.9 Å². The highest BCUT2D eigenvalue weighted by Gasteiger charge is 2.05. The number of methoxy groups -OCH3 is 1. The Kier molecular flexibility index (Phi) is 5.50. The first kappa shape index (κ1) is 13.2. The van der Waals surface area contributed by atoms with Gasteiger partial charge < -0.3 is 10.1 Å². The Bertz CT molecular complexity index is 292. The van der Waals surface area contributed by atoms with Crippen LogP contribution in [0.4, 0.5) is 0 Å². The average Bonchev–Trinajstić information content (AvgIpc) is 2.28. The molecule has 0 bridgehead atoms. The Hall–Kier alpha value is -0.860. The maximum absolute atomic E-state index is 5.08. The second-order valence-electron chi connectivity index (χ2n) is 4.66. The van der Waals surface area contributed by atoms with Crippen LogP contribution in [-0.4, -0.2) is 13.2 Å². The van der Waals surface area contributed by atoms with E-state index in [0.29, 0.717) is 18.6 Å². The Morgan fingerprint density at radius 1 is 1.06 bits per heavy atom. The molecule has 0 radical (unpaired) electrons. The summed E-state index contributed by atoms with van der Waals surface area (Å²) in [5.41, 5.74) is 2.55. The standard InChI is InChI=1S/C14H23NO/c1-11(2)12(3)15-9-13-5-7-14(8-6-13)10-16-4/h5-8,11-12,15H,9-10H2,1-4H3. The molecule has 2 nitrogen and oxygen atoms in total. The fourth-order valence-corrected chi connectivity index (χ4v) is 1.43. The largest absolute Gasteiger partial charge is 0.380 e. The van der Waals surface area contributed by atoms with E-state index in [0.717, 1.165) is 6.54 Å². The molecular formula is C14H23NO. The van der Waals surface area contributed by atoms with Crippen molar-refractivity contribution >= 4 is 0 Å². The molecule has 0 heterocycles. The minimum absolute atomic E-state index is 0.554. The average molecular weight is 221 g/mol. The van der Waals surface area contributed by atoms with Gasteiger partial charge in [0.1, 0.15) is 0 Å². The monoisotopic (exact) mass is 221 g/mol. The summed E-state index contributed by atoms with van der Waals surface area (Å²) in [5.74, 6) is 0.674. The van der Waals surface area contributed by atoms with Gasteiger partial charge in [-0.3, -0.25) is 0 Å². The number of hydrogen-bond donors (Lipinski definition) is 1. The van der Waals surface area contributed by atoms with E-state index < -0.39 is 0 Å². The quantitative estimate of drug-likeness (QED) is 0.797. The van der Waals surface area contributed by atoms with Gasteiger partial charge >= 0.3 is 0 Å². The van der Waals surface area contributed by atoms with Gasteiger partial charge in [-0.1, -0.05) is 38.1 Å². The summed E-state index contributed by atoms with van der Waals surface area (Å²) in [4.78, 5) is 0. The number of hydrogen-bond acceptors (Lipinski definition) is 2. The third-order valence-electron chi connectivity index (χ3n) is 2.96. The maximum Gasteiger partial charge on any atom is 0.0713 e. The molecule has 1 aromatic rings. The minimum atomic E-state index is 0.554. The van der Waals surface area contributed by atoms with Crippen molar-refractivity contribution in [3.63, 3.8) is 0 Å². The molecular weight excluding hydrogens is 198 g/mol. The molecule has 1 aromatic carbocycles. The fourth-order valence-electron chi connectivity index (χ4n) is 1.43. The molecule has 0 saturated heterocycles. The van der Waals surface area contributed by atoms with Crippen LogP contribution >= 0.6 is 0 Å². The Morgan fingerprint density at radius 2 is 1.62 bits per heavy atom. The number of rotatable bonds is 6. The molecule has 0 spiro atoms. The summed E-state index contributed by atoms with van der Waals surface area (Å²) in [7, 11) is 1.72. The molecule has 1 atom stereocenters. The van der Waals surface area contributed by atoms with Crippen molar-refractivity contribution in [1.82, 2.24) is 5.32 Å². The van der Waals surface area contributed by atoms with E-state index in [1.54, 1.807) is 7.11 Å². The zero-order valence-corrected chi connectivity index (χ0v) is 10.8. The highest BCUT2D eigenvalue weighted by atomic mass is 16.5. The highest BCUT2D eigenvalue weighted by molar-refractivity contribution is 5.21. The first-order valence-corrected chi connectivity index (χ1v) is 5.93. The molecule has 0 fully saturated rings. The topological polar surface area (TPSA) is 21.3 Å². The van der Waals surface area contributed by atoms with Crippen molar-refractivity contribution < 1.29 is 4.74 Å². The molecule has 0 aliphatic rings. The van der Waals surface area contributed by atoms with Crippen LogP contribution in [0, 0.1) is 5.92 Å². The Morgan fingerprint density at radius 3 is 2.12 bits per heavy atom. The lowest BCUT2D eigenvalue weighted by Crippen LogP contribution is -2.30. The number of ether oxygens (including phenoxy) is 1. The molecule has 0 aliphatic heterocycles. The zero-order valence-electron chi connectivity index (χ0n) is 10.8. The normalized spacial score (nSPS) is 13.1. The molecule has 0 aliphatic carbocycles. The van der Waals surface area contributed by atoms with E-state index >= 15 is 0 Å². The van der Waals surface area contributed by atoms with Gasteiger partial charge in [-0.2, -0.15) is 0 Å². The van der Waals surface area contributed by atoms with Crippen LogP contribution in [0.2, 0.25) is 0 Å². The van der Waals surface area contributed by atoms with Crippen LogP contribution in [0.3, 0.4) is 0 Å². The predicted molar refractivity (Wildman–Crippen MR) is 68.3 cm³/mol. The molecule has 1 N–H and O–H groups in total. The van der Waals surface area contributed by atoms with Gasteiger partial charge in [0.15, 0.2) is 0 Å². The molecule has 1 rings (SSSR count). The van der Waals surface area contributed by atoms with Crippen LogP contribution in [0.25, 0.3) is 0 Å². The van der Waals surface area contributed by atoms with Crippen molar-refractivity contribution in [2.24, 2.45) is 5.92 Å². The van der Waals surface area contributed by atoms with Gasteiger partial charge in [0.05, 0.1) is 6.61 Å². The molecule has 16 heavy (non-hydrogen) atoms. The third-order valence-corrected chi connectivity index (χ3v) is 2.96. The smallest absolute Gasteiger partial charge is 0.0713 e. The second-order valence-corrected chi connectivity index (χ2v) is 4.66. The summed E-state index contributed by atoms with van der Waals surface area (Å²) in [6, 6.07) is 9.13. The van der Waals surface area contributed by atoms with E-state index in [-0.39, 0.29) is 0 Å². The van der Waals surface area contributed by atoms with E-state index in [1.807, 2.05) is 0 Å². The zero-order chi connectivity index (χ0) is 12.0. The molecule has 0 saturated carbocycles. The predicted octanol–water partition coefficient (Wildman–Crippen LogP) is 2.97. The van der Waals surface area contributed by atoms with E-state index in [1.165, 1.54) is 11.1 Å². The molecule has 1 unspecified atom stereocenters. The van der Waals surface area contributed by atoms with Crippen molar-refractivity contribution in [1.29, 1.82) is 0 Å². The van der Waals surface area contributed by atoms with Crippen LogP contribution in [0.1, 0.15) is 31.9 Å². The van der Waals surface area contributed by atoms with Crippen molar-refractivity contribution in [2.45, 2.75) is 40.0 Å². The minimum Gasteiger partial charge on any atom is -0.380 e. The second kappa shape index (κ2) is 6.66. The van der Waals surface area contributed by atoms with Gasteiger partial charge in [-0.25, -0.2) is 0 Å². The lowest BCUT2D eigenvalue weighted by molar-refractivity contribution is 0.185. The highest BCUT2D eigenvalue weighted by Crippen LogP contribution is 2.07. The molecule has 0 aromatic heterocycles. The van der Waals surface area contributed by atoms with Gasteiger partial charge in [-0.05, 0) is 24.0 Å². The molecule has 0 amide bonds.